The lowest BCUT2D eigenvalue weighted by Crippen LogP contribution is -2.24. The fourth-order valence-corrected chi connectivity index (χ4v) is 2.70. The lowest BCUT2D eigenvalue weighted by molar-refractivity contribution is 0.606. The SMILES string of the molecule is N#Cc1ccc(N2CCCC2c2ccc(N)nn2)c(F)c1. The van der Waals surface area contributed by atoms with E-state index >= 15 is 0 Å². The highest BCUT2D eigenvalue weighted by Gasteiger charge is 2.29. The fraction of sp³-hybridized carbons (Fsp3) is 0.267. The summed E-state index contributed by atoms with van der Waals surface area (Å²) in [6, 6.07) is 10.00. The Morgan fingerprint density at radius 3 is 2.81 bits per heavy atom. The first kappa shape index (κ1) is 13.3. The molecule has 1 atom stereocenters. The van der Waals surface area contributed by atoms with E-state index in [1.165, 1.54) is 6.07 Å². The summed E-state index contributed by atoms with van der Waals surface area (Å²) in [5, 5.41) is 16.8. The van der Waals surface area contributed by atoms with Crippen LogP contribution in [0.4, 0.5) is 15.9 Å². The summed E-state index contributed by atoms with van der Waals surface area (Å²) in [6.45, 7) is 0.750. The first-order chi connectivity index (χ1) is 10.2. The highest BCUT2D eigenvalue weighted by molar-refractivity contribution is 5.53. The molecule has 1 aromatic carbocycles. The van der Waals surface area contributed by atoms with Crippen LogP contribution < -0.4 is 10.6 Å². The molecule has 1 aliphatic rings. The van der Waals surface area contributed by atoms with E-state index in [-0.39, 0.29) is 11.9 Å². The summed E-state index contributed by atoms with van der Waals surface area (Å²) < 4.78 is 14.2. The molecule has 2 heterocycles. The number of rotatable bonds is 2. The van der Waals surface area contributed by atoms with Gasteiger partial charge in [-0.1, -0.05) is 0 Å². The van der Waals surface area contributed by atoms with Crippen molar-refractivity contribution in [1.82, 2.24) is 10.2 Å². The third kappa shape index (κ3) is 2.50. The minimum absolute atomic E-state index is 0.0134. The minimum atomic E-state index is -0.385. The van der Waals surface area contributed by atoms with Gasteiger partial charge < -0.3 is 10.6 Å². The quantitative estimate of drug-likeness (QED) is 0.915. The van der Waals surface area contributed by atoms with Gasteiger partial charge in [0.15, 0.2) is 0 Å². The molecule has 0 amide bonds. The molecule has 1 saturated heterocycles. The molecule has 3 rings (SSSR count). The summed E-state index contributed by atoms with van der Waals surface area (Å²) in [7, 11) is 0. The topological polar surface area (TPSA) is 78.8 Å². The molecule has 0 radical (unpaired) electrons. The molecule has 1 aliphatic heterocycles. The predicted molar refractivity (Wildman–Crippen MR) is 76.9 cm³/mol. The Kier molecular flexibility index (Phi) is 3.40. The van der Waals surface area contributed by atoms with Crippen molar-refractivity contribution in [2.24, 2.45) is 0 Å². The number of nitrogens with two attached hydrogens (primary N) is 1. The van der Waals surface area contributed by atoms with Crippen LogP contribution in [0.2, 0.25) is 0 Å². The van der Waals surface area contributed by atoms with Crippen molar-refractivity contribution >= 4 is 11.5 Å². The maximum Gasteiger partial charge on any atom is 0.147 e. The van der Waals surface area contributed by atoms with Crippen LogP contribution >= 0.6 is 0 Å². The largest absolute Gasteiger partial charge is 0.382 e. The zero-order valence-electron chi connectivity index (χ0n) is 11.3. The van der Waals surface area contributed by atoms with Gasteiger partial charge in [0.1, 0.15) is 11.6 Å². The Morgan fingerprint density at radius 1 is 1.29 bits per heavy atom. The zero-order chi connectivity index (χ0) is 14.8. The van der Waals surface area contributed by atoms with Crippen LogP contribution in [0.25, 0.3) is 0 Å². The van der Waals surface area contributed by atoms with Crippen molar-refractivity contribution in [3.63, 3.8) is 0 Å². The van der Waals surface area contributed by atoms with E-state index in [1.807, 2.05) is 17.0 Å². The molecular formula is C15H14FN5. The van der Waals surface area contributed by atoms with E-state index in [9.17, 15) is 4.39 Å². The summed E-state index contributed by atoms with van der Waals surface area (Å²) in [6.07, 6.45) is 1.84. The average molecular weight is 283 g/mol. The molecule has 0 aliphatic carbocycles. The molecule has 6 heteroatoms. The minimum Gasteiger partial charge on any atom is -0.382 e. The molecule has 2 N–H and O–H groups in total. The van der Waals surface area contributed by atoms with E-state index in [4.69, 9.17) is 11.0 Å². The van der Waals surface area contributed by atoms with E-state index in [2.05, 4.69) is 10.2 Å². The molecule has 1 aromatic heterocycles. The molecule has 0 bridgehead atoms. The van der Waals surface area contributed by atoms with Crippen molar-refractivity contribution in [3.8, 4) is 6.07 Å². The van der Waals surface area contributed by atoms with Crippen LogP contribution in [0.15, 0.2) is 30.3 Å². The van der Waals surface area contributed by atoms with E-state index in [1.54, 1.807) is 18.2 Å². The Bertz CT molecular complexity index is 692. The van der Waals surface area contributed by atoms with E-state index < -0.39 is 0 Å². The molecule has 106 valence electrons. The maximum atomic E-state index is 14.2. The van der Waals surface area contributed by atoms with Gasteiger partial charge in [-0.05, 0) is 43.2 Å². The van der Waals surface area contributed by atoms with Gasteiger partial charge in [-0.2, -0.15) is 10.4 Å². The third-order valence-electron chi connectivity index (χ3n) is 3.69. The molecule has 1 unspecified atom stereocenters. The molecule has 2 aromatic rings. The Hall–Kier alpha value is -2.68. The Labute approximate surface area is 121 Å². The standard InChI is InChI=1S/C15H14FN5/c16-11-8-10(9-17)3-5-13(11)21-7-1-2-14(21)12-4-6-15(18)20-19-12/h3-6,8,14H,1-2,7H2,(H2,18,20). The second kappa shape index (κ2) is 5.37. The molecular weight excluding hydrogens is 269 g/mol. The first-order valence-corrected chi connectivity index (χ1v) is 6.74. The predicted octanol–water partition coefficient (Wildman–Crippen LogP) is 2.41. The van der Waals surface area contributed by atoms with Crippen molar-refractivity contribution in [3.05, 3.63) is 47.4 Å². The molecule has 0 saturated carbocycles. The van der Waals surface area contributed by atoms with Gasteiger partial charge in [0.05, 0.1) is 29.1 Å². The smallest absolute Gasteiger partial charge is 0.147 e. The molecule has 5 nitrogen and oxygen atoms in total. The van der Waals surface area contributed by atoms with Gasteiger partial charge >= 0.3 is 0 Å². The summed E-state index contributed by atoms with van der Waals surface area (Å²) in [5.41, 5.74) is 7.15. The van der Waals surface area contributed by atoms with Gasteiger partial charge in [0, 0.05) is 6.54 Å². The van der Waals surface area contributed by atoms with Crippen molar-refractivity contribution in [1.29, 1.82) is 5.26 Å². The van der Waals surface area contributed by atoms with Crippen LogP contribution in [-0.2, 0) is 0 Å². The van der Waals surface area contributed by atoms with Crippen molar-refractivity contribution in [2.75, 3.05) is 17.2 Å². The molecule has 0 spiro atoms. The maximum absolute atomic E-state index is 14.2. The van der Waals surface area contributed by atoms with Crippen molar-refractivity contribution < 1.29 is 4.39 Å². The number of nitrogens with zero attached hydrogens (tertiary/aromatic N) is 4. The number of halogens is 1. The molecule has 21 heavy (non-hydrogen) atoms. The lowest BCUT2D eigenvalue weighted by Gasteiger charge is -2.26. The van der Waals surface area contributed by atoms with Crippen LogP contribution in [0, 0.1) is 17.1 Å². The number of hydrogen-bond donors (Lipinski definition) is 1. The second-order valence-corrected chi connectivity index (χ2v) is 5.01. The second-order valence-electron chi connectivity index (χ2n) is 5.01. The first-order valence-electron chi connectivity index (χ1n) is 6.74. The number of hydrogen-bond acceptors (Lipinski definition) is 5. The van der Waals surface area contributed by atoms with Gasteiger partial charge in [-0.25, -0.2) is 4.39 Å². The van der Waals surface area contributed by atoms with Gasteiger partial charge in [-0.3, -0.25) is 0 Å². The average Bonchev–Trinajstić information content (AvgIpc) is 2.97. The summed E-state index contributed by atoms with van der Waals surface area (Å²) in [5.74, 6) is -0.0165. The van der Waals surface area contributed by atoms with Gasteiger partial charge in [-0.15, -0.1) is 5.10 Å². The van der Waals surface area contributed by atoms with Crippen LogP contribution in [0.3, 0.4) is 0 Å². The Morgan fingerprint density at radius 2 is 2.14 bits per heavy atom. The number of anilines is 2. The normalized spacial score (nSPS) is 17.7. The van der Waals surface area contributed by atoms with Crippen molar-refractivity contribution in [2.45, 2.75) is 18.9 Å². The fourth-order valence-electron chi connectivity index (χ4n) is 2.70. The lowest BCUT2D eigenvalue weighted by atomic mass is 10.1. The number of nitriles is 1. The number of nitrogen functional groups attached to an aromatic ring is 1. The summed E-state index contributed by atoms with van der Waals surface area (Å²) >= 11 is 0. The van der Waals surface area contributed by atoms with E-state index in [0.717, 1.165) is 25.1 Å². The van der Waals surface area contributed by atoms with Crippen LogP contribution in [0.5, 0.6) is 0 Å². The third-order valence-corrected chi connectivity index (χ3v) is 3.69. The van der Waals surface area contributed by atoms with Gasteiger partial charge in [0.2, 0.25) is 0 Å². The van der Waals surface area contributed by atoms with Crippen LogP contribution in [-0.4, -0.2) is 16.7 Å². The molecule has 1 fully saturated rings. The number of aromatic nitrogens is 2. The highest BCUT2D eigenvalue weighted by atomic mass is 19.1. The highest BCUT2D eigenvalue weighted by Crippen LogP contribution is 2.36. The van der Waals surface area contributed by atoms with Crippen LogP contribution in [0.1, 0.15) is 30.1 Å². The zero-order valence-corrected chi connectivity index (χ0v) is 11.3. The summed E-state index contributed by atoms with van der Waals surface area (Å²) in [4.78, 5) is 1.97. The number of benzene rings is 1. The van der Waals surface area contributed by atoms with E-state index in [0.29, 0.717) is 17.1 Å². The van der Waals surface area contributed by atoms with Gasteiger partial charge in [0.25, 0.3) is 0 Å². The Balaban J connectivity index is 1.94. The monoisotopic (exact) mass is 283 g/mol.